The van der Waals surface area contributed by atoms with Crippen LogP contribution in [-0.2, 0) is 6.42 Å². The van der Waals surface area contributed by atoms with Crippen LogP contribution in [0.2, 0.25) is 0 Å². The molecule has 0 bridgehead atoms. The second-order valence-corrected chi connectivity index (χ2v) is 9.56. The summed E-state index contributed by atoms with van der Waals surface area (Å²) in [6.07, 6.45) is 19.5. The first-order valence-corrected chi connectivity index (χ1v) is 13.0. The lowest BCUT2D eigenvalue weighted by Gasteiger charge is -2.29. The minimum absolute atomic E-state index is 0.812. The molecule has 2 atom stereocenters. The molecule has 2 aromatic rings. The van der Waals surface area contributed by atoms with Crippen molar-refractivity contribution in [1.29, 1.82) is 0 Å². The van der Waals surface area contributed by atoms with Crippen molar-refractivity contribution in [2.75, 3.05) is 6.61 Å². The van der Waals surface area contributed by atoms with Crippen molar-refractivity contribution in [1.82, 2.24) is 4.98 Å². The predicted molar refractivity (Wildman–Crippen MR) is 133 cm³/mol. The number of pyridine rings is 1. The molecule has 0 N–H and O–H groups in total. The van der Waals surface area contributed by atoms with E-state index in [0.29, 0.717) is 0 Å². The minimum Gasteiger partial charge on any atom is -0.494 e. The molecule has 1 aliphatic carbocycles. The molecule has 0 spiro atoms. The summed E-state index contributed by atoms with van der Waals surface area (Å²) < 4.78 is 5.86. The first kappa shape index (κ1) is 23.8. The lowest BCUT2D eigenvalue weighted by Crippen LogP contribution is -2.16. The van der Waals surface area contributed by atoms with Gasteiger partial charge in [-0.05, 0) is 73.4 Å². The van der Waals surface area contributed by atoms with Gasteiger partial charge >= 0.3 is 0 Å². The number of hydrogen-bond acceptors (Lipinski definition) is 2. The van der Waals surface area contributed by atoms with Crippen LogP contribution in [0.1, 0.15) is 96.5 Å². The van der Waals surface area contributed by atoms with Crippen LogP contribution < -0.4 is 4.74 Å². The van der Waals surface area contributed by atoms with Gasteiger partial charge in [-0.3, -0.25) is 4.98 Å². The van der Waals surface area contributed by atoms with Crippen LogP contribution in [0.25, 0.3) is 11.3 Å². The fraction of sp³-hybridized carbons (Fsp3) is 0.621. The third-order valence-electron chi connectivity index (χ3n) is 6.94. The number of aromatic nitrogens is 1. The molecule has 3 rings (SSSR count). The van der Waals surface area contributed by atoms with Crippen molar-refractivity contribution < 1.29 is 4.74 Å². The van der Waals surface area contributed by atoms with Gasteiger partial charge in [-0.25, -0.2) is 0 Å². The number of hydrogen-bond donors (Lipinski definition) is 0. The molecule has 0 radical (unpaired) electrons. The number of rotatable bonds is 13. The molecule has 2 heteroatoms. The quantitative estimate of drug-likeness (QED) is 0.302. The zero-order chi connectivity index (χ0) is 21.7. The van der Waals surface area contributed by atoms with Crippen molar-refractivity contribution in [2.24, 2.45) is 11.8 Å². The maximum atomic E-state index is 5.86. The van der Waals surface area contributed by atoms with Crippen LogP contribution in [0.5, 0.6) is 5.75 Å². The summed E-state index contributed by atoms with van der Waals surface area (Å²) in [5, 5.41) is 0. The van der Waals surface area contributed by atoms with Gasteiger partial charge in [0.25, 0.3) is 0 Å². The minimum atomic E-state index is 0.812. The molecule has 31 heavy (non-hydrogen) atoms. The molecule has 0 aliphatic heterocycles. The first-order valence-electron chi connectivity index (χ1n) is 13.0. The molecular formula is C29H43NO. The van der Waals surface area contributed by atoms with E-state index in [1.54, 1.807) is 0 Å². The normalized spacial score (nSPS) is 18.8. The summed E-state index contributed by atoms with van der Waals surface area (Å²) in [6, 6.07) is 12.9. The number of aryl methyl sites for hydroxylation is 1. The summed E-state index contributed by atoms with van der Waals surface area (Å²) in [7, 11) is 0. The van der Waals surface area contributed by atoms with Crippen LogP contribution in [0, 0.1) is 11.8 Å². The van der Waals surface area contributed by atoms with Crippen LogP contribution in [0.15, 0.2) is 42.6 Å². The second-order valence-electron chi connectivity index (χ2n) is 9.56. The predicted octanol–water partition coefficient (Wildman–Crippen LogP) is 8.64. The Hall–Kier alpha value is -1.83. The van der Waals surface area contributed by atoms with Crippen LogP contribution in [-0.4, -0.2) is 11.6 Å². The van der Waals surface area contributed by atoms with E-state index in [-0.39, 0.29) is 0 Å². The van der Waals surface area contributed by atoms with Crippen molar-refractivity contribution in [3.63, 3.8) is 0 Å². The van der Waals surface area contributed by atoms with Gasteiger partial charge in [0, 0.05) is 11.8 Å². The summed E-state index contributed by atoms with van der Waals surface area (Å²) in [5.41, 5.74) is 3.60. The number of nitrogens with zero attached hydrogens (tertiary/aromatic N) is 1. The maximum Gasteiger partial charge on any atom is 0.119 e. The third kappa shape index (κ3) is 8.31. The number of ether oxygens (including phenoxy) is 1. The van der Waals surface area contributed by atoms with E-state index in [9.17, 15) is 0 Å². The number of unbranched alkanes of at least 4 members (excludes halogenated alkanes) is 4. The molecular weight excluding hydrogens is 378 g/mol. The Bertz CT molecular complexity index is 721. The molecule has 1 heterocycles. The van der Waals surface area contributed by atoms with E-state index in [1.807, 2.05) is 0 Å². The molecule has 0 saturated heterocycles. The summed E-state index contributed by atoms with van der Waals surface area (Å²) in [5.74, 6) is 2.87. The van der Waals surface area contributed by atoms with Crippen LogP contribution in [0.3, 0.4) is 0 Å². The van der Waals surface area contributed by atoms with Gasteiger partial charge in [0.1, 0.15) is 5.75 Å². The molecule has 2 nitrogen and oxygen atoms in total. The average molecular weight is 422 g/mol. The van der Waals surface area contributed by atoms with Gasteiger partial charge in [0.2, 0.25) is 0 Å². The van der Waals surface area contributed by atoms with Gasteiger partial charge in [-0.2, -0.15) is 0 Å². The smallest absolute Gasteiger partial charge is 0.119 e. The van der Waals surface area contributed by atoms with Crippen LogP contribution >= 0.6 is 0 Å². The Kier molecular flexibility index (Phi) is 10.4. The fourth-order valence-electron chi connectivity index (χ4n) is 4.97. The molecule has 1 saturated carbocycles. The topological polar surface area (TPSA) is 22.1 Å². The third-order valence-corrected chi connectivity index (χ3v) is 6.94. The van der Waals surface area contributed by atoms with Crippen molar-refractivity contribution in [3.8, 4) is 17.0 Å². The largest absolute Gasteiger partial charge is 0.494 e. The van der Waals surface area contributed by atoms with E-state index in [2.05, 4.69) is 56.4 Å². The summed E-state index contributed by atoms with van der Waals surface area (Å²) in [4.78, 5) is 4.75. The second kappa shape index (κ2) is 13.6. The van der Waals surface area contributed by atoms with E-state index >= 15 is 0 Å². The molecule has 2 unspecified atom stereocenters. The highest BCUT2D eigenvalue weighted by atomic mass is 16.5. The SMILES string of the molecule is CCCCCCOc1ccc(-c2ccc(CCC3CCCC(CCCC)C3)cn2)cc1. The molecule has 1 aromatic carbocycles. The highest BCUT2D eigenvalue weighted by Crippen LogP contribution is 2.34. The van der Waals surface area contributed by atoms with E-state index in [1.165, 1.54) is 82.6 Å². The van der Waals surface area contributed by atoms with E-state index in [4.69, 9.17) is 9.72 Å². The Morgan fingerprint density at radius 2 is 1.61 bits per heavy atom. The molecule has 170 valence electrons. The fourth-order valence-corrected chi connectivity index (χ4v) is 4.97. The lowest BCUT2D eigenvalue weighted by molar-refractivity contribution is 0.240. The van der Waals surface area contributed by atoms with Gasteiger partial charge in [-0.15, -0.1) is 0 Å². The molecule has 0 amide bonds. The van der Waals surface area contributed by atoms with Gasteiger partial charge in [-0.1, -0.05) is 77.7 Å². The molecule has 1 fully saturated rings. The van der Waals surface area contributed by atoms with E-state index in [0.717, 1.165) is 41.9 Å². The molecule has 1 aromatic heterocycles. The zero-order valence-electron chi connectivity index (χ0n) is 20.0. The van der Waals surface area contributed by atoms with Crippen LogP contribution in [0.4, 0.5) is 0 Å². The molecule has 1 aliphatic rings. The average Bonchev–Trinajstić information content (AvgIpc) is 2.82. The van der Waals surface area contributed by atoms with E-state index < -0.39 is 0 Å². The van der Waals surface area contributed by atoms with Gasteiger partial charge < -0.3 is 4.74 Å². The Morgan fingerprint density at radius 3 is 2.32 bits per heavy atom. The highest BCUT2D eigenvalue weighted by molar-refractivity contribution is 5.60. The van der Waals surface area contributed by atoms with Gasteiger partial charge in [0.15, 0.2) is 0 Å². The standard InChI is InChI=1S/C29H43NO/c1-3-5-7-8-21-31-28-18-16-27(17-19-28)29-20-15-26(23-30-29)14-13-25-12-9-11-24(22-25)10-6-4-2/h15-20,23-25H,3-14,21-22H2,1-2H3. The Morgan fingerprint density at radius 1 is 0.839 bits per heavy atom. The monoisotopic (exact) mass is 421 g/mol. The zero-order valence-corrected chi connectivity index (χ0v) is 20.0. The first-order chi connectivity index (χ1) is 15.3. The Labute approximate surface area is 190 Å². The summed E-state index contributed by atoms with van der Waals surface area (Å²) in [6.45, 7) is 5.36. The van der Waals surface area contributed by atoms with Gasteiger partial charge in [0.05, 0.1) is 12.3 Å². The maximum absolute atomic E-state index is 5.86. The van der Waals surface area contributed by atoms with Crippen molar-refractivity contribution >= 4 is 0 Å². The summed E-state index contributed by atoms with van der Waals surface area (Å²) >= 11 is 0. The lowest BCUT2D eigenvalue weighted by atomic mass is 9.77. The highest BCUT2D eigenvalue weighted by Gasteiger charge is 2.21. The Balaban J connectivity index is 1.43. The van der Waals surface area contributed by atoms with Crippen molar-refractivity contribution in [2.45, 2.75) is 97.3 Å². The van der Waals surface area contributed by atoms with Crippen molar-refractivity contribution in [3.05, 3.63) is 48.2 Å². The number of benzene rings is 1.